The molecule has 0 aliphatic carbocycles. The molecule has 0 atom stereocenters. The molecule has 2 aromatic rings. The zero-order valence-corrected chi connectivity index (χ0v) is 13.5. The van der Waals surface area contributed by atoms with Crippen LogP contribution >= 0.6 is 23.2 Å². The van der Waals surface area contributed by atoms with Crippen LogP contribution in [0.5, 0.6) is 0 Å². The molecule has 112 valence electrons. The zero-order valence-electron chi connectivity index (χ0n) is 11.1. The minimum atomic E-state index is -3.63. The molecule has 0 saturated carbocycles. The highest BCUT2D eigenvalue weighted by Gasteiger charge is 2.30. The van der Waals surface area contributed by atoms with Crippen LogP contribution in [0.25, 0.3) is 0 Å². The molecule has 0 amide bonds. The van der Waals surface area contributed by atoms with Gasteiger partial charge in [-0.3, -0.25) is 0 Å². The maximum atomic E-state index is 12.6. The first-order valence-electron chi connectivity index (χ1n) is 6.23. The van der Waals surface area contributed by atoms with Crippen molar-refractivity contribution in [3.8, 4) is 0 Å². The topological polar surface area (TPSA) is 68.1 Å². The number of aryl methyl sites for hydroxylation is 1. The molecule has 0 saturated heterocycles. The van der Waals surface area contributed by atoms with Gasteiger partial charge in [0.05, 0.1) is 21.5 Å². The molecule has 2 heterocycles. The van der Waals surface area contributed by atoms with Crippen molar-refractivity contribution in [3.63, 3.8) is 0 Å². The largest absolute Gasteiger partial charge is 0.313 e. The molecule has 0 unspecified atom stereocenters. The molecule has 0 N–H and O–H groups in total. The van der Waals surface area contributed by atoms with Crippen LogP contribution < -0.4 is 0 Å². The summed E-state index contributed by atoms with van der Waals surface area (Å²) in [7, 11) is -3.63. The van der Waals surface area contributed by atoms with Crippen molar-refractivity contribution in [1.29, 1.82) is 0 Å². The van der Waals surface area contributed by atoms with E-state index in [1.165, 1.54) is 22.5 Å². The van der Waals surface area contributed by atoms with Crippen LogP contribution in [-0.4, -0.2) is 34.0 Å². The highest BCUT2D eigenvalue weighted by Crippen LogP contribution is 2.28. The third-order valence-electron chi connectivity index (χ3n) is 3.43. The summed E-state index contributed by atoms with van der Waals surface area (Å²) in [5.74, 6) is 1.43. The van der Waals surface area contributed by atoms with E-state index in [4.69, 9.17) is 23.2 Å². The van der Waals surface area contributed by atoms with Gasteiger partial charge in [-0.15, -0.1) is 10.2 Å². The fraction of sp³-hybridized carbons (Fsp3) is 0.333. The molecule has 21 heavy (non-hydrogen) atoms. The molecule has 0 spiro atoms. The second-order valence-corrected chi connectivity index (χ2v) is 7.48. The summed E-state index contributed by atoms with van der Waals surface area (Å²) < 4.78 is 28.6. The number of halogens is 2. The third kappa shape index (κ3) is 2.55. The first-order chi connectivity index (χ1) is 9.89. The monoisotopic (exact) mass is 346 g/mol. The van der Waals surface area contributed by atoms with Gasteiger partial charge in [0.2, 0.25) is 10.0 Å². The Kier molecular flexibility index (Phi) is 3.69. The molecular formula is C12H12Cl2N4O2S. The third-order valence-corrected chi connectivity index (χ3v) is 6.01. The van der Waals surface area contributed by atoms with E-state index in [0.29, 0.717) is 23.9 Å². The lowest BCUT2D eigenvalue weighted by Crippen LogP contribution is -2.38. The Morgan fingerprint density at radius 1 is 1.14 bits per heavy atom. The number of hydrogen-bond acceptors (Lipinski definition) is 4. The molecule has 3 rings (SSSR count). The minimum absolute atomic E-state index is 0.126. The lowest BCUT2D eigenvalue weighted by molar-refractivity contribution is 0.333. The maximum Gasteiger partial charge on any atom is 0.243 e. The van der Waals surface area contributed by atoms with Crippen LogP contribution in [0.1, 0.15) is 11.6 Å². The van der Waals surface area contributed by atoms with Gasteiger partial charge >= 0.3 is 0 Å². The van der Waals surface area contributed by atoms with Crippen molar-refractivity contribution in [2.45, 2.75) is 24.9 Å². The number of aromatic nitrogens is 3. The Morgan fingerprint density at radius 3 is 2.62 bits per heavy atom. The smallest absolute Gasteiger partial charge is 0.243 e. The summed E-state index contributed by atoms with van der Waals surface area (Å²) in [5, 5.41) is 8.51. The van der Waals surface area contributed by atoms with Gasteiger partial charge in [-0.25, -0.2) is 8.42 Å². The normalized spacial score (nSPS) is 16.0. The Labute approximate surface area is 132 Å². The van der Waals surface area contributed by atoms with Crippen LogP contribution in [0.2, 0.25) is 10.0 Å². The van der Waals surface area contributed by atoms with Crippen molar-refractivity contribution in [2.24, 2.45) is 0 Å². The van der Waals surface area contributed by atoms with E-state index >= 15 is 0 Å². The number of fused-ring (bicyclic) bond motifs is 1. The van der Waals surface area contributed by atoms with Crippen LogP contribution in [0, 0.1) is 6.92 Å². The number of benzene rings is 1. The standard InChI is InChI=1S/C12H12Cl2N4O2S/c1-8-15-16-12-7-17(4-5-18(8)12)21(19,20)9-2-3-10(13)11(14)6-9/h2-3,6H,4-5,7H2,1H3. The lowest BCUT2D eigenvalue weighted by Gasteiger charge is -2.27. The van der Waals surface area contributed by atoms with Crippen molar-refractivity contribution in [1.82, 2.24) is 19.1 Å². The van der Waals surface area contributed by atoms with Gasteiger partial charge in [-0.05, 0) is 25.1 Å². The second-order valence-electron chi connectivity index (χ2n) is 4.73. The predicted molar refractivity (Wildman–Crippen MR) is 78.8 cm³/mol. The quantitative estimate of drug-likeness (QED) is 0.834. The molecule has 0 radical (unpaired) electrons. The van der Waals surface area contributed by atoms with E-state index in [0.717, 1.165) is 5.82 Å². The maximum absolute atomic E-state index is 12.6. The highest BCUT2D eigenvalue weighted by atomic mass is 35.5. The Balaban J connectivity index is 1.94. The summed E-state index contributed by atoms with van der Waals surface area (Å²) >= 11 is 11.7. The Morgan fingerprint density at radius 2 is 1.90 bits per heavy atom. The van der Waals surface area contributed by atoms with E-state index in [-0.39, 0.29) is 16.5 Å². The summed E-state index contributed by atoms with van der Waals surface area (Å²) in [5.41, 5.74) is 0. The molecule has 1 aromatic heterocycles. The van der Waals surface area contributed by atoms with Crippen molar-refractivity contribution in [3.05, 3.63) is 39.9 Å². The molecule has 0 fully saturated rings. The second kappa shape index (κ2) is 5.24. The molecule has 9 heteroatoms. The van der Waals surface area contributed by atoms with E-state index in [2.05, 4.69) is 10.2 Å². The van der Waals surface area contributed by atoms with Crippen LogP contribution in [0.4, 0.5) is 0 Å². The van der Waals surface area contributed by atoms with Gasteiger partial charge in [0, 0.05) is 13.1 Å². The number of sulfonamides is 1. The zero-order chi connectivity index (χ0) is 15.2. The minimum Gasteiger partial charge on any atom is -0.313 e. The fourth-order valence-corrected chi connectivity index (χ4v) is 4.05. The van der Waals surface area contributed by atoms with Gasteiger partial charge < -0.3 is 4.57 Å². The number of nitrogens with zero attached hydrogens (tertiary/aromatic N) is 4. The van der Waals surface area contributed by atoms with Crippen LogP contribution in [0.3, 0.4) is 0 Å². The van der Waals surface area contributed by atoms with Gasteiger partial charge in [0.1, 0.15) is 11.6 Å². The average Bonchev–Trinajstić information content (AvgIpc) is 2.83. The van der Waals surface area contributed by atoms with Crippen molar-refractivity contribution < 1.29 is 8.42 Å². The van der Waals surface area contributed by atoms with Gasteiger partial charge in [0.25, 0.3) is 0 Å². The van der Waals surface area contributed by atoms with Crippen molar-refractivity contribution in [2.75, 3.05) is 6.54 Å². The molecule has 6 nitrogen and oxygen atoms in total. The van der Waals surface area contributed by atoms with E-state index < -0.39 is 10.0 Å². The van der Waals surface area contributed by atoms with E-state index in [9.17, 15) is 8.42 Å². The number of rotatable bonds is 2. The average molecular weight is 347 g/mol. The number of hydrogen-bond donors (Lipinski definition) is 0. The summed E-state index contributed by atoms with van der Waals surface area (Å²) in [6, 6.07) is 4.30. The Hall–Kier alpha value is -1.15. The van der Waals surface area contributed by atoms with Crippen LogP contribution in [-0.2, 0) is 23.1 Å². The van der Waals surface area contributed by atoms with Gasteiger partial charge in [-0.2, -0.15) is 4.31 Å². The summed E-state index contributed by atoms with van der Waals surface area (Å²) in [6.07, 6.45) is 0. The Bertz CT molecular complexity index is 804. The first-order valence-corrected chi connectivity index (χ1v) is 8.43. The fourth-order valence-electron chi connectivity index (χ4n) is 2.27. The highest BCUT2D eigenvalue weighted by molar-refractivity contribution is 7.89. The molecular weight excluding hydrogens is 335 g/mol. The molecule has 1 aromatic carbocycles. The van der Waals surface area contributed by atoms with Crippen LogP contribution in [0.15, 0.2) is 23.1 Å². The molecule has 1 aliphatic heterocycles. The van der Waals surface area contributed by atoms with Gasteiger partial charge in [0.15, 0.2) is 0 Å². The van der Waals surface area contributed by atoms with E-state index in [1.54, 1.807) is 0 Å². The van der Waals surface area contributed by atoms with E-state index in [1.807, 2.05) is 11.5 Å². The predicted octanol–water partition coefficient (Wildman–Crippen LogP) is 2.10. The first kappa shape index (κ1) is 14.8. The van der Waals surface area contributed by atoms with Crippen molar-refractivity contribution >= 4 is 33.2 Å². The molecule has 0 bridgehead atoms. The van der Waals surface area contributed by atoms with Gasteiger partial charge in [-0.1, -0.05) is 23.2 Å². The lowest BCUT2D eigenvalue weighted by atomic mass is 10.4. The summed E-state index contributed by atoms with van der Waals surface area (Å²) in [6.45, 7) is 2.95. The SMILES string of the molecule is Cc1nnc2n1CCN(S(=O)(=O)c1ccc(Cl)c(Cl)c1)C2. The summed E-state index contributed by atoms with van der Waals surface area (Å²) in [4.78, 5) is 0.126. The molecule has 1 aliphatic rings.